The maximum absolute atomic E-state index is 12.8. The number of rotatable bonds is 4. The molecule has 1 atom stereocenters. The van der Waals surface area contributed by atoms with Crippen molar-refractivity contribution >= 4 is 11.0 Å². The van der Waals surface area contributed by atoms with E-state index in [-0.39, 0.29) is 40.2 Å². The molecule has 2 aromatic carbocycles. The lowest BCUT2D eigenvalue weighted by atomic mass is 9.97. The number of aliphatic hydroxyl groups excluding tert-OH is 1. The monoisotopic (exact) mass is 354 g/mol. The summed E-state index contributed by atoms with van der Waals surface area (Å²) >= 11 is 0. The van der Waals surface area contributed by atoms with Crippen LogP contribution in [0.2, 0.25) is 0 Å². The van der Waals surface area contributed by atoms with Crippen molar-refractivity contribution in [2.75, 3.05) is 0 Å². The molecule has 0 radical (unpaired) electrons. The molecule has 0 fully saturated rings. The normalized spacial score (nSPS) is 12.2. The van der Waals surface area contributed by atoms with Gasteiger partial charge in [0.25, 0.3) is 0 Å². The highest BCUT2D eigenvalue weighted by Gasteiger charge is 2.16. The van der Waals surface area contributed by atoms with Gasteiger partial charge in [-0.05, 0) is 30.2 Å². The van der Waals surface area contributed by atoms with Gasteiger partial charge in [0.15, 0.2) is 0 Å². The fraction of sp³-hybridized carbons (Fsp3) is 0.150. The van der Waals surface area contributed by atoms with Gasteiger partial charge >= 0.3 is 0 Å². The lowest BCUT2D eigenvalue weighted by Crippen LogP contribution is -2.11. The van der Waals surface area contributed by atoms with E-state index in [0.29, 0.717) is 16.7 Å². The first-order valence-electron chi connectivity index (χ1n) is 7.91. The molecule has 6 nitrogen and oxygen atoms in total. The van der Waals surface area contributed by atoms with Gasteiger partial charge in [-0.2, -0.15) is 0 Å². The molecule has 0 saturated heterocycles. The number of hydrogen-bond donors (Lipinski definition) is 4. The summed E-state index contributed by atoms with van der Waals surface area (Å²) in [7, 11) is 0. The minimum Gasteiger partial charge on any atom is -0.508 e. The summed E-state index contributed by atoms with van der Waals surface area (Å²) in [5.41, 5.74) is 1.25. The van der Waals surface area contributed by atoms with Crippen molar-refractivity contribution in [1.29, 1.82) is 0 Å². The Morgan fingerprint density at radius 1 is 1.15 bits per heavy atom. The molecule has 1 aromatic heterocycles. The van der Waals surface area contributed by atoms with E-state index in [1.807, 2.05) is 0 Å². The van der Waals surface area contributed by atoms with Crippen molar-refractivity contribution in [3.8, 4) is 28.4 Å². The van der Waals surface area contributed by atoms with Crippen LogP contribution in [-0.4, -0.2) is 26.5 Å². The van der Waals surface area contributed by atoms with Crippen molar-refractivity contribution in [2.24, 2.45) is 0 Å². The molecular weight excluding hydrogens is 336 g/mol. The molecule has 0 saturated carbocycles. The number of benzene rings is 2. The molecule has 0 bridgehead atoms. The van der Waals surface area contributed by atoms with E-state index in [4.69, 9.17) is 4.42 Å². The lowest BCUT2D eigenvalue weighted by molar-refractivity contribution is 0.210. The number of phenolic OH excluding ortho intramolecular Hbond substituents is 3. The van der Waals surface area contributed by atoms with Crippen LogP contribution in [-0.2, 0) is 6.42 Å². The fourth-order valence-corrected chi connectivity index (χ4v) is 2.72. The third kappa shape index (κ3) is 3.14. The summed E-state index contributed by atoms with van der Waals surface area (Å²) in [6.45, 7) is 5.36. The summed E-state index contributed by atoms with van der Waals surface area (Å²) in [5, 5.41) is 39.4. The Kier molecular flexibility index (Phi) is 4.44. The van der Waals surface area contributed by atoms with E-state index in [0.717, 1.165) is 6.07 Å². The fourth-order valence-electron chi connectivity index (χ4n) is 2.72. The molecule has 0 spiro atoms. The zero-order chi connectivity index (χ0) is 19.0. The van der Waals surface area contributed by atoms with Crippen LogP contribution in [0, 0.1) is 0 Å². The van der Waals surface area contributed by atoms with E-state index >= 15 is 0 Å². The Morgan fingerprint density at radius 2 is 1.88 bits per heavy atom. The van der Waals surface area contributed by atoms with Gasteiger partial charge in [-0.3, -0.25) is 4.79 Å². The molecule has 0 amide bonds. The van der Waals surface area contributed by atoms with Gasteiger partial charge in [0, 0.05) is 18.6 Å². The standard InChI is InChI=1S/C20H18O6/c1-10(2)16(23)6-12-5-11(3-4-15(12)22)14-9-26-18-8-13(21)7-17(24)19(18)20(14)25/h3-5,7-9,16,21-24H,1,6H2,2H3/t16-/m1/s1. The molecule has 1 heterocycles. The summed E-state index contributed by atoms with van der Waals surface area (Å²) in [6.07, 6.45) is 0.554. The third-order valence-corrected chi connectivity index (χ3v) is 4.21. The Bertz CT molecular complexity index is 1060. The van der Waals surface area contributed by atoms with Gasteiger partial charge in [0.2, 0.25) is 5.43 Å². The summed E-state index contributed by atoms with van der Waals surface area (Å²) in [5.74, 6) is -0.606. The highest BCUT2D eigenvalue weighted by Crippen LogP contribution is 2.31. The predicted molar refractivity (Wildman–Crippen MR) is 97.4 cm³/mol. The molecule has 0 aliphatic carbocycles. The highest BCUT2D eigenvalue weighted by molar-refractivity contribution is 5.88. The van der Waals surface area contributed by atoms with Crippen LogP contribution in [0.5, 0.6) is 17.2 Å². The second-order valence-electron chi connectivity index (χ2n) is 6.23. The Hall–Kier alpha value is -3.25. The quantitative estimate of drug-likeness (QED) is 0.536. The minimum atomic E-state index is -0.823. The van der Waals surface area contributed by atoms with Gasteiger partial charge in [0.05, 0.1) is 11.7 Å². The first kappa shape index (κ1) is 17.6. The van der Waals surface area contributed by atoms with Gasteiger partial charge in [-0.15, -0.1) is 0 Å². The van der Waals surface area contributed by atoms with Gasteiger partial charge in [-0.25, -0.2) is 0 Å². The maximum atomic E-state index is 12.8. The second-order valence-corrected chi connectivity index (χ2v) is 6.23. The SMILES string of the molecule is C=C(C)[C@H](O)Cc1cc(-c2coc3cc(O)cc(O)c3c2=O)ccc1O. The summed E-state index contributed by atoms with van der Waals surface area (Å²) in [4.78, 5) is 12.8. The molecule has 0 aliphatic rings. The van der Waals surface area contributed by atoms with Gasteiger partial charge in [-0.1, -0.05) is 18.2 Å². The first-order valence-corrected chi connectivity index (χ1v) is 7.91. The van der Waals surface area contributed by atoms with Crippen LogP contribution in [0.15, 0.2) is 58.0 Å². The molecular formula is C20H18O6. The number of hydrogen-bond acceptors (Lipinski definition) is 6. The van der Waals surface area contributed by atoms with E-state index in [1.54, 1.807) is 19.1 Å². The molecule has 3 rings (SSSR count). The van der Waals surface area contributed by atoms with E-state index < -0.39 is 11.5 Å². The van der Waals surface area contributed by atoms with Crippen LogP contribution in [0.4, 0.5) is 0 Å². The number of aromatic hydroxyl groups is 3. The van der Waals surface area contributed by atoms with Gasteiger partial charge in [0.1, 0.15) is 34.5 Å². The van der Waals surface area contributed by atoms with Gasteiger partial charge < -0.3 is 24.8 Å². The second kappa shape index (κ2) is 6.57. The highest BCUT2D eigenvalue weighted by atomic mass is 16.3. The van der Waals surface area contributed by atoms with E-state index in [1.165, 1.54) is 18.4 Å². The van der Waals surface area contributed by atoms with Crippen LogP contribution in [0.1, 0.15) is 12.5 Å². The average molecular weight is 354 g/mol. The molecule has 3 aromatic rings. The number of aliphatic hydroxyl groups is 1. The molecule has 0 aliphatic heterocycles. The van der Waals surface area contributed by atoms with Crippen LogP contribution < -0.4 is 5.43 Å². The van der Waals surface area contributed by atoms with Crippen molar-refractivity contribution < 1.29 is 24.8 Å². The Labute approximate surface area is 148 Å². The zero-order valence-corrected chi connectivity index (χ0v) is 14.1. The Balaban J connectivity index is 2.14. The Morgan fingerprint density at radius 3 is 2.58 bits per heavy atom. The van der Waals surface area contributed by atoms with E-state index in [9.17, 15) is 25.2 Å². The van der Waals surface area contributed by atoms with Crippen molar-refractivity contribution in [3.05, 3.63) is 64.5 Å². The largest absolute Gasteiger partial charge is 0.508 e. The zero-order valence-electron chi connectivity index (χ0n) is 14.1. The molecule has 26 heavy (non-hydrogen) atoms. The molecule has 6 heteroatoms. The maximum Gasteiger partial charge on any atom is 0.204 e. The number of phenols is 3. The predicted octanol–water partition coefficient (Wildman–Crippen LogP) is 3.06. The average Bonchev–Trinajstić information content (AvgIpc) is 2.56. The smallest absolute Gasteiger partial charge is 0.204 e. The molecule has 134 valence electrons. The van der Waals surface area contributed by atoms with E-state index in [2.05, 4.69) is 6.58 Å². The minimum absolute atomic E-state index is 0.00741. The van der Waals surface area contributed by atoms with Crippen LogP contribution >= 0.6 is 0 Å². The van der Waals surface area contributed by atoms with Crippen molar-refractivity contribution in [2.45, 2.75) is 19.4 Å². The summed E-state index contributed by atoms with van der Waals surface area (Å²) < 4.78 is 5.38. The third-order valence-electron chi connectivity index (χ3n) is 4.21. The molecule has 0 unspecified atom stereocenters. The van der Waals surface area contributed by atoms with Crippen molar-refractivity contribution in [3.63, 3.8) is 0 Å². The van der Waals surface area contributed by atoms with Crippen LogP contribution in [0.25, 0.3) is 22.1 Å². The first-order chi connectivity index (χ1) is 12.3. The van der Waals surface area contributed by atoms with Crippen LogP contribution in [0.3, 0.4) is 0 Å². The lowest BCUT2D eigenvalue weighted by Gasteiger charge is -2.13. The van der Waals surface area contributed by atoms with Crippen molar-refractivity contribution in [1.82, 2.24) is 0 Å². The topological polar surface area (TPSA) is 111 Å². The molecule has 4 N–H and O–H groups in total. The summed E-state index contributed by atoms with van der Waals surface area (Å²) in [6, 6.07) is 6.86. The number of fused-ring (bicyclic) bond motifs is 1.